The maximum atomic E-state index is 12.5. The van der Waals surface area contributed by atoms with Crippen LogP contribution >= 0.6 is 0 Å². The molecule has 0 saturated heterocycles. The Hall–Kier alpha value is -0.570. The lowest BCUT2D eigenvalue weighted by atomic mass is 9.32. The summed E-state index contributed by atoms with van der Waals surface area (Å²) >= 11 is 0. The van der Waals surface area contributed by atoms with Gasteiger partial charge in [0.2, 0.25) is 0 Å². The number of aliphatic hydroxyl groups is 1. The number of carboxylic acid groups (broad SMARTS) is 1. The first-order valence-corrected chi connectivity index (χ1v) is 14.1. The number of carboxylic acids is 1. The first kappa shape index (κ1) is 24.1. The summed E-state index contributed by atoms with van der Waals surface area (Å²) in [6, 6.07) is 0. The summed E-state index contributed by atoms with van der Waals surface area (Å²) in [7, 11) is 0. The Labute approximate surface area is 202 Å². The first-order valence-electron chi connectivity index (χ1n) is 14.1. The van der Waals surface area contributed by atoms with Crippen LogP contribution in [0.2, 0.25) is 0 Å². The quantitative estimate of drug-likeness (QED) is 0.456. The molecule has 0 amide bonds. The molecular weight excluding hydrogens is 408 g/mol. The van der Waals surface area contributed by atoms with Crippen LogP contribution in [-0.4, -0.2) is 21.8 Å². The normalized spacial score (nSPS) is 56.3. The van der Waals surface area contributed by atoms with Crippen molar-refractivity contribution in [1.82, 2.24) is 0 Å². The van der Waals surface area contributed by atoms with Crippen LogP contribution in [0.15, 0.2) is 0 Å². The molecule has 0 aliphatic heterocycles. The Morgan fingerprint density at radius 3 is 1.88 bits per heavy atom. The third-order valence-corrected chi connectivity index (χ3v) is 13.8. The van der Waals surface area contributed by atoms with E-state index in [2.05, 4.69) is 34.6 Å². The molecule has 5 aliphatic carbocycles. The van der Waals surface area contributed by atoms with Crippen molar-refractivity contribution in [2.75, 3.05) is 0 Å². The lowest BCUT2D eigenvalue weighted by molar-refractivity contribution is -0.245. The topological polar surface area (TPSA) is 57.5 Å². The highest BCUT2D eigenvalue weighted by molar-refractivity contribution is 5.75. The number of aliphatic carboxylic acids is 1. The molecule has 0 spiro atoms. The maximum absolute atomic E-state index is 12.5. The summed E-state index contributed by atoms with van der Waals surface area (Å²) in [5, 5.41) is 21.2. The highest BCUT2D eigenvalue weighted by Crippen LogP contribution is 2.78. The summed E-state index contributed by atoms with van der Waals surface area (Å²) < 4.78 is 0. The van der Waals surface area contributed by atoms with E-state index >= 15 is 0 Å². The largest absolute Gasteiger partial charge is 0.481 e. The van der Waals surface area contributed by atoms with E-state index in [4.69, 9.17) is 0 Å². The van der Waals surface area contributed by atoms with Gasteiger partial charge in [-0.15, -0.1) is 0 Å². The maximum Gasteiger partial charge on any atom is 0.309 e. The molecule has 0 aromatic carbocycles. The Balaban J connectivity index is 1.52. The number of carbonyl (C=O) groups is 1. The van der Waals surface area contributed by atoms with Crippen molar-refractivity contribution < 1.29 is 15.0 Å². The molecule has 0 bridgehead atoms. The molecular formula is C30H50O3. The van der Waals surface area contributed by atoms with Crippen LogP contribution in [0, 0.1) is 56.7 Å². The second-order valence-electron chi connectivity index (χ2n) is 15.1. The van der Waals surface area contributed by atoms with E-state index in [-0.39, 0.29) is 5.41 Å². The van der Waals surface area contributed by atoms with Crippen LogP contribution < -0.4 is 0 Å². The van der Waals surface area contributed by atoms with Crippen LogP contribution in [-0.2, 0) is 4.79 Å². The van der Waals surface area contributed by atoms with Gasteiger partial charge in [0.25, 0.3) is 0 Å². The Morgan fingerprint density at radius 2 is 1.30 bits per heavy atom. The van der Waals surface area contributed by atoms with Crippen LogP contribution in [0.4, 0.5) is 0 Å². The van der Waals surface area contributed by atoms with Gasteiger partial charge in [-0.1, -0.05) is 34.1 Å². The van der Waals surface area contributed by atoms with Gasteiger partial charge in [0.15, 0.2) is 0 Å². The molecule has 0 aromatic rings. The van der Waals surface area contributed by atoms with Gasteiger partial charge in [0.1, 0.15) is 0 Å². The third-order valence-electron chi connectivity index (χ3n) is 13.8. The van der Waals surface area contributed by atoms with Gasteiger partial charge in [-0.05, 0) is 136 Å². The van der Waals surface area contributed by atoms with E-state index in [9.17, 15) is 15.0 Å². The second-order valence-corrected chi connectivity index (χ2v) is 15.1. The smallest absolute Gasteiger partial charge is 0.309 e. The lowest BCUT2D eigenvalue weighted by Crippen LogP contribution is -2.66. The number of hydrogen-bond acceptors (Lipinski definition) is 2. The summed E-state index contributed by atoms with van der Waals surface area (Å²) in [5.41, 5.74) is -0.0340. The highest BCUT2D eigenvalue weighted by atomic mass is 16.4. The summed E-state index contributed by atoms with van der Waals surface area (Å²) in [6.07, 6.45) is 13.0. The molecule has 5 saturated carbocycles. The Morgan fingerprint density at radius 1 is 0.727 bits per heavy atom. The SMILES string of the molecule is CC(C)(O)[C@H]1CC[C@]2(C)[C@H]3CC[C@@H]4[C@@]5(C)CCC[C@@](C)(C(=O)O)[C@H]5CC[C@@]4(C)[C@]3(C)CC[C@@H]12. The summed E-state index contributed by atoms with van der Waals surface area (Å²) in [4.78, 5) is 12.5. The van der Waals surface area contributed by atoms with E-state index < -0.39 is 17.0 Å². The minimum Gasteiger partial charge on any atom is -0.481 e. The third kappa shape index (κ3) is 2.87. The molecule has 5 aliphatic rings. The number of rotatable bonds is 2. The van der Waals surface area contributed by atoms with Crippen molar-refractivity contribution in [3.05, 3.63) is 0 Å². The molecule has 3 heteroatoms. The van der Waals surface area contributed by atoms with Crippen molar-refractivity contribution in [3.63, 3.8) is 0 Å². The molecule has 0 unspecified atom stereocenters. The van der Waals surface area contributed by atoms with Crippen molar-refractivity contribution in [2.45, 2.75) is 125 Å². The molecule has 0 aromatic heterocycles. The van der Waals surface area contributed by atoms with E-state index in [0.29, 0.717) is 39.9 Å². The van der Waals surface area contributed by atoms with Gasteiger partial charge in [-0.3, -0.25) is 4.79 Å². The van der Waals surface area contributed by atoms with Gasteiger partial charge in [-0.25, -0.2) is 0 Å². The van der Waals surface area contributed by atoms with Crippen LogP contribution in [0.25, 0.3) is 0 Å². The molecule has 5 rings (SSSR count). The molecule has 0 heterocycles. The van der Waals surface area contributed by atoms with Crippen LogP contribution in [0.5, 0.6) is 0 Å². The number of hydrogen-bond donors (Lipinski definition) is 2. The fourth-order valence-corrected chi connectivity index (χ4v) is 12.1. The fourth-order valence-electron chi connectivity index (χ4n) is 12.1. The minimum atomic E-state index is -0.577. The average molecular weight is 459 g/mol. The van der Waals surface area contributed by atoms with Crippen molar-refractivity contribution in [3.8, 4) is 0 Å². The first-order chi connectivity index (χ1) is 15.1. The van der Waals surface area contributed by atoms with Gasteiger partial charge >= 0.3 is 5.97 Å². The fraction of sp³-hybridized carbons (Fsp3) is 0.967. The Kier molecular flexibility index (Phi) is 5.13. The van der Waals surface area contributed by atoms with Gasteiger partial charge in [-0.2, -0.15) is 0 Å². The zero-order valence-electron chi connectivity index (χ0n) is 22.5. The molecule has 2 N–H and O–H groups in total. The van der Waals surface area contributed by atoms with Crippen molar-refractivity contribution in [1.29, 1.82) is 0 Å². The monoisotopic (exact) mass is 458 g/mol. The predicted molar refractivity (Wildman–Crippen MR) is 133 cm³/mol. The van der Waals surface area contributed by atoms with Crippen LogP contribution in [0.1, 0.15) is 119 Å². The standard InChI is InChI=1S/C30H50O3/c1-25(2,33)19-11-16-26(3)20(19)12-17-29(6)22(26)9-10-23-27(4)14-8-15-28(5,24(31)32)21(27)13-18-30(23,29)7/h19-23,33H,8-18H2,1-7H3,(H,31,32)/t19-,20-,21-,22+,23+,26-,27-,28+,29+,30+/m0/s1. The second kappa shape index (κ2) is 7.01. The van der Waals surface area contributed by atoms with E-state index in [1.54, 1.807) is 0 Å². The predicted octanol–water partition coefficient (Wildman–Crippen LogP) is 7.31. The summed E-state index contributed by atoms with van der Waals surface area (Å²) in [5.74, 6) is 2.20. The van der Waals surface area contributed by atoms with Gasteiger partial charge in [0, 0.05) is 0 Å². The van der Waals surface area contributed by atoms with Crippen molar-refractivity contribution in [2.24, 2.45) is 56.7 Å². The molecule has 188 valence electrons. The zero-order valence-corrected chi connectivity index (χ0v) is 22.5. The Bertz CT molecular complexity index is 829. The number of fused-ring (bicyclic) bond motifs is 7. The molecule has 5 fully saturated rings. The van der Waals surface area contributed by atoms with E-state index in [1.807, 2.05) is 13.8 Å². The van der Waals surface area contributed by atoms with E-state index in [1.165, 1.54) is 51.4 Å². The van der Waals surface area contributed by atoms with Gasteiger partial charge < -0.3 is 10.2 Å². The van der Waals surface area contributed by atoms with Crippen LogP contribution in [0.3, 0.4) is 0 Å². The van der Waals surface area contributed by atoms with Gasteiger partial charge in [0.05, 0.1) is 11.0 Å². The van der Waals surface area contributed by atoms with Crippen molar-refractivity contribution >= 4 is 5.97 Å². The lowest BCUT2D eigenvalue weighted by Gasteiger charge is -2.73. The highest BCUT2D eigenvalue weighted by Gasteiger charge is 2.71. The minimum absolute atomic E-state index is 0.148. The zero-order chi connectivity index (χ0) is 24.2. The molecule has 3 nitrogen and oxygen atoms in total. The average Bonchev–Trinajstić information content (AvgIpc) is 3.06. The molecule has 10 atom stereocenters. The molecule has 0 radical (unpaired) electrons. The summed E-state index contributed by atoms with van der Waals surface area (Å²) in [6.45, 7) is 16.5. The van der Waals surface area contributed by atoms with E-state index in [0.717, 1.165) is 25.2 Å². The molecule has 33 heavy (non-hydrogen) atoms.